The van der Waals surface area contributed by atoms with Crippen molar-refractivity contribution in [2.75, 3.05) is 43.0 Å². The molecule has 0 aromatic carbocycles. The number of carbonyl (C=O) groups excluding carboxylic acids is 1. The molecule has 4 rings (SSSR count). The second-order valence-electron chi connectivity index (χ2n) is 6.43. The molecule has 2 aromatic rings. The highest BCUT2D eigenvalue weighted by atomic mass is 16.5. The number of hydrogen-bond acceptors (Lipinski definition) is 7. The van der Waals surface area contributed by atoms with Crippen molar-refractivity contribution in [1.29, 1.82) is 0 Å². The van der Waals surface area contributed by atoms with Gasteiger partial charge in [-0.3, -0.25) is 4.79 Å². The monoisotopic (exact) mass is 354 g/mol. The summed E-state index contributed by atoms with van der Waals surface area (Å²) in [6.07, 6.45) is 3.31. The first-order valence-corrected chi connectivity index (χ1v) is 8.97. The second-order valence-corrected chi connectivity index (χ2v) is 6.43. The maximum absolute atomic E-state index is 12.4. The van der Waals surface area contributed by atoms with Gasteiger partial charge in [-0.15, -0.1) is 10.2 Å². The maximum atomic E-state index is 12.4. The fourth-order valence-corrected chi connectivity index (χ4v) is 3.26. The summed E-state index contributed by atoms with van der Waals surface area (Å²) in [5.41, 5.74) is 0. The molecule has 1 amide bonds. The highest BCUT2D eigenvalue weighted by Gasteiger charge is 2.30. The number of aromatic nitrogens is 3. The molecule has 8 nitrogen and oxygen atoms in total. The van der Waals surface area contributed by atoms with Crippen LogP contribution in [0.25, 0.3) is 0 Å². The van der Waals surface area contributed by atoms with Gasteiger partial charge in [-0.05, 0) is 37.1 Å². The summed E-state index contributed by atoms with van der Waals surface area (Å²) < 4.78 is 5.50. The molecule has 2 aliphatic rings. The predicted molar refractivity (Wildman–Crippen MR) is 97.3 cm³/mol. The van der Waals surface area contributed by atoms with Crippen LogP contribution in [-0.4, -0.2) is 64.9 Å². The van der Waals surface area contributed by atoms with Crippen LogP contribution in [0, 0.1) is 0 Å². The van der Waals surface area contributed by atoms with Gasteiger partial charge in [0.25, 0.3) is 5.91 Å². The zero-order valence-corrected chi connectivity index (χ0v) is 14.5. The second kappa shape index (κ2) is 7.65. The molecule has 0 unspecified atom stereocenters. The van der Waals surface area contributed by atoms with E-state index < -0.39 is 0 Å². The lowest BCUT2D eigenvalue weighted by Gasteiger charge is -2.36. The van der Waals surface area contributed by atoms with Crippen molar-refractivity contribution < 1.29 is 9.53 Å². The molecule has 0 radical (unpaired) electrons. The van der Waals surface area contributed by atoms with Gasteiger partial charge in [-0.25, -0.2) is 4.98 Å². The lowest BCUT2D eigenvalue weighted by atomic mass is 10.2. The molecule has 1 N–H and O–H groups in total. The molecule has 2 aromatic heterocycles. The molecule has 8 heteroatoms. The van der Waals surface area contributed by atoms with Gasteiger partial charge in [-0.2, -0.15) is 0 Å². The fourth-order valence-electron chi connectivity index (χ4n) is 3.26. The number of nitrogens with zero attached hydrogens (tertiary/aromatic N) is 5. The highest BCUT2D eigenvalue weighted by molar-refractivity contribution is 5.81. The van der Waals surface area contributed by atoms with Crippen LogP contribution >= 0.6 is 0 Å². The van der Waals surface area contributed by atoms with Crippen LogP contribution in [0.5, 0.6) is 0 Å². The maximum Gasteiger partial charge on any atom is 0.251 e. The van der Waals surface area contributed by atoms with Gasteiger partial charge in [0, 0.05) is 39.0 Å². The van der Waals surface area contributed by atoms with E-state index in [1.807, 2.05) is 35.2 Å². The molecular weight excluding hydrogens is 332 g/mol. The average Bonchev–Trinajstić information content (AvgIpc) is 3.24. The Morgan fingerprint density at radius 2 is 1.96 bits per heavy atom. The summed E-state index contributed by atoms with van der Waals surface area (Å²) in [7, 11) is 0. The van der Waals surface area contributed by atoms with Crippen molar-refractivity contribution in [3.8, 4) is 0 Å². The molecular formula is C18H22N6O2. The van der Waals surface area contributed by atoms with Gasteiger partial charge in [0.1, 0.15) is 11.9 Å². The Hall–Kier alpha value is -2.74. The molecule has 2 saturated heterocycles. The molecule has 136 valence electrons. The summed E-state index contributed by atoms with van der Waals surface area (Å²) in [5, 5.41) is 11.6. The smallest absolute Gasteiger partial charge is 0.251 e. The fraction of sp³-hybridized carbons (Fsp3) is 0.444. The first kappa shape index (κ1) is 16.7. The normalized spacial score (nSPS) is 20.2. The van der Waals surface area contributed by atoms with Crippen LogP contribution in [0.15, 0.2) is 36.5 Å². The number of hydrogen-bond donors (Lipinski definition) is 1. The van der Waals surface area contributed by atoms with Crippen molar-refractivity contribution in [2.45, 2.75) is 18.9 Å². The average molecular weight is 354 g/mol. The first-order valence-electron chi connectivity index (χ1n) is 8.97. The Kier molecular flexibility index (Phi) is 4.92. The third kappa shape index (κ3) is 3.75. The number of amides is 1. The molecule has 2 aliphatic heterocycles. The molecule has 0 aliphatic carbocycles. The first-order chi connectivity index (χ1) is 12.8. The van der Waals surface area contributed by atoms with E-state index in [-0.39, 0.29) is 12.0 Å². The van der Waals surface area contributed by atoms with E-state index in [2.05, 4.69) is 25.4 Å². The number of pyridine rings is 1. The summed E-state index contributed by atoms with van der Waals surface area (Å²) in [5.74, 6) is 2.33. The molecule has 0 saturated carbocycles. The molecule has 0 spiro atoms. The van der Waals surface area contributed by atoms with Gasteiger partial charge in [0.05, 0.1) is 0 Å². The highest BCUT2D eigenvalue weighted by Crippen LogP contribution is 2.19. The number of piperazine rings is 1. The Balaban J connectivity index is 1.32. The number of rotatable bonds is 4. The van der Waals surface area contributed by atoms with Crippen molar-refractivity contribution in [2.24, 2.45) is 0 Å². The topological polar surface area (TPSA) is 83.5 Å². The van der Waals surface area contributed by atoms with Gasteiger partial charge in [0.15, 0.2) is 11.6 Å². The number of anilines is 3. The summed E-state index contributed by atoms with van der Waals surface area (Å²) in [4.78, 5) is 20.7. The van der Waals surface area contributed by atoms with Crippen LogP contribution in [0.4, 0.5) is 17.5 Å². The van der Waals surface area contributed by atoms with Gasteiger partial charge in [0.2, 0.25) is 0 Å². The number of ether oxygens (including phenoxy) is 1. The van der Waals surface area contributed by atoms with Crippen LogP contribution in [0.3, 0.4) is 0 Å². The van der Waals surface area contributed by atoms with E-state index in [4.69, 9.17) is 4.74 Å². The Bertz CT molecular complexity index is 725. The zero-order valence-electron chi connectivity index (χ0n) is 14.5. The quantitative estimate of drug-likeness (QED) is 0.889. The molecule has 4 heterocycles. The van der Waals surface area contributed by atoms with Crippen molar-refractivity contribution >= 4 is 23.4 Å². The summed E-state index contributed by atoms with van der Waals surface area (Å²) in [6, 6.07) is 9.48. The third-order valence-corrected chi connectivity index (χ3v) is 4.69. The molecule has 26 heavy (non-hydrogen) atoms. The van der Waals surface area contributed by atoms with Crippen LogP contribution < -0.4 is 10.2 Å². The van der Waals surface area contributed by atoms with Crippen molar-refractivity contribution in [1.82, 2.24) is 20.1 Å². The van der Waals surface area contributed by atoms with Crippen molar-refractivity contribution in [3.05, 3.63) is 36.5 Å². The van der Waals surface area contributed by atoms with Gasteiger partial charge < -0.3 is 19.9 Å². The largest absolute Gasteiger partial charge is 0.368 e. The van der Waals surface area contributed by atoms with Crippen molar-refractivity contribution in [3.63, 3.8) is 0 Å². The SMILES string of the molecule is O=C([C@H]1CCCO1)N1CCN(c2ccc(Nc3ccccn3)nn2)CC1. The predicted octanol–water partition coefficient (Wildman–Crippen LogP) is 1.44. The van der Waals surface area contributed by atoms with Crippen LogP contribution in [0.1, 0.15) is 12.8 Å². The Labute approximate surface area is 152 Å². The Morgan fingerprint density at radius 1 is 1.08 bits per heavy atom. The number of carbonyl (C=O) groups is 1. The van der Waals surface area contributed by atoms with Gasteiger partial charge in [-0.1, -0.05) is 6.07 Å². The van der Waals surface area contributed by atoms with E-state index in [0.29, 0.717) is 25.5 Å². The van der Waals surface area contributed by atoms with E-state index in [1.54, 1.807) is 6.20 Å². The molecule has 1 atom stereocenters. The molecule has 2 fully saturated rings. The lowest BCUT2D eigenvalue weighted by Crippen LogP contribution is -2.51. The Morgan fingerprint density at radius 3 is 2.62 bits per heavy atom. The minimum absolute atomic E-state index is 0.128. The zero-order chi connectivity index (χ0) is 17.8. The lowest BCUT2D eigenvalue weighted by molar-refractivity contribution is -0.141. The van der Waals surface area contributed by atoms with Crippen LogP contribution in [0.2, 0.25) is 0 Å². The van der Waals surface area contributed by atoms with Gasteiger partial charge >= 0.3 is 0 Å². The third-order valence-electron chi connectivity index (χ3n) is 4.69. The van der Waals surface area contributed by atoms with E-state index in [9.17, 15) is 4.79 Å². The minimum Gasteiger partial charge on any atom is -0.368 e. The summed E-state index contributed by atoms with van der Waals surface area (Å²) in [6.45, 7) is 3.58. The standard InChI is InChI=1S/C18H22N6O2/c25-18(14-4-3-13-26-14)24-11-9-23(10-12-24)17-7-6-16(21-22-17)20-15-5-1-2-8-19-15/h1-2,5-8,14H,3-4,9-13H2,(H,19,20,21)/t14-/m1/s1. The van der Waals surface area contributed by atoms with E-state index in [0.717, 1.165) is 37.6 Å². The van der Waals surface area contributed by atoms with Crippen LogP contribution in [-0.2, 0) is 9.53 Å². The molecule has 0 bridgehead atoms. The van der Waals surface area contributed by atoms with E-state index in [1.165, 1.54) is 0 Å². The van der Waals surface area contributed by atoms with E-state index >= 15 is 0 Å². The minimum atomic E-state index is -0.238. The number of nitrogens with one attached hydrogen (secondary N) is 1. The summed E-state index contributed by atoms with van der Waals surface area (Å²) >= 11 is 0.